The molecule has 172 valence electrons. The van der Waals surface area contributed by atoms with Crippen LogP contribution in [0.3, 0.4) is 0 Å². The maximum Gasteiger partial charge on any atom is 0.264 e. The van der Waals surface area contributed by atoms with E-state index < -0.39 is 57.7 Å². The first kappa shape index (κ1) is 21.6. The quantitative estimate of drug-likeness (QED) is 0.691. The van der Waals surface area contributed by atoms with E-state index in [4.69, 9.17) is 0 Å². The number of carbonyl (C=O) groups excluding carboxylic acids is 2. The highest BCUT2D eigenvalue weighted by molar-refractivity contribution is 5.94. The van der Waals surface area contributed by atoms with Crippen molar-refractivity contribution < 1.29 is 28.6 Å². The third-order valence-corrected chi connectivity index (χ3v) is 9.31. The predicted molar refractivity (Wildman–Crippen MR) is 111 cm³/mol. The highest BCUT2D eigenvalue weighted by atomic mass is 19.1. The lowest BCUT2D eigenvalue weighted by atomic mass is 9.45. The van der Waals surface area contributed by atoms with Crippen LogP contribution in [0.4, 0.5) is 8.78 Å². The van der Waals surface area contributed by atoms with Crippen molar-refractivity contribution in [2.24, 2.45) is 28.6 Å². The lowest BCUT2D eigenvalue weighted by Crippen LogP contribution is -2.69. The molecule has 6 nitrogen and oxygen atoms in total. The van der Waals surface area contributed by atoms with Gasteiger partial charge in [-0.15, -0.1) is 0 Å². The Bertz CT molecular complexity index is 1070. The first-order chi connectivity index (χ1) is 14.9. The fourth-order valence-electron chi connectivity index (χ4n) is 7.55. The molecule has 0 bridgehead atoms. The molecule has 0 amide bonds. The van der Waals surface area contributed by atoms with E-state index in [0.29, 0.717) is 6.42 Å². The molecule has 5 rings (SSSR count). The number of alkyl halides is 1. The van der Waals surface area contributed by atoms with Gasteiger partial charge in [-0.2, -0.15) is 0 Å². The summed E-state index contributed by atoms with van der Waals surface area (Å²) in [5.74, 6) is -3.42. The number of carbonyl (C=O) groups is 2. The summed E-state index contributed by atoms with van der Waals surface area (Å²) in [5, 5.41) is 23.1. The number of aromatic nitrogens is 2. The normalized spacial score (nSPS) is 47.8. The second-order valence-electron chi connectivity index (χ2n) is 10.6. The lowest BCUT2D eigenvalue weighted by Gasteiger charge is -2.62. The van der Waals surface area contributed by atoms with E-state index in [1.54, 1.807) is 20.8 Å². The zero-order valence-corrected chi connectivity index (χ0v) is 18.4. The topological polar surface area (TPSA) is 92.4 Å². The fraction of sp³-hybridized carbons (Fsp3) is 0.625. The van der Waals surface area contributed by atoms with Gasteiger partial charge in [-0.3, -0.25) is 14.2 Å². The number of fused-ring (bicyclic) bond motifs is 5. The van der Waals surface area contributed by atoms with Gasteiger partial charge in [0.25, 0.3) is 5.91 Å². The highest BCUT2D eigenvalue weighted by Gasteiger charge is 2.76. The Morgan fingerprint density at radius 2 is 2.03 bits per heavy atom. The number of aliphatic hydroxyl groups is 2. The number of allylic oxidation sites excluding steroid dienone is 4. The number of halogens is 2. The van der Waals surface area contributed by atoms with Gasteiger partial charge in [0.1, 0.15) is 12.2 Å². The lowest BCUT2D eigenvalue weighted by molar-refractivity contribution is -0.208. The van der Waals surface area contributed by atoms with Crippen LogP contribution in [0, 0.1) is 28.6 Å². The maximum atomic E-state index is 17.1. The minimum atomic E-state index is -2.22. The minimum absolute atomic E-state index is 0.0993. The third-order valence-electron chi connectivity index (χ3n) is 9.31. The number of nitrogens with zero attached hydrogens (tertiary/aromatic N) is 2. The molecule has 0 aliphatic heterocycles. The number of hydrogen-bond acceptors (Lipinski definition) is 5. The summed E-state index contributed by atoms with van der Waals surface area (Å²) in [4.78, 5) is 29.2. The van der Waals surface area contributed by atoms with Crippen LogP contribution in [0.2, 0.25) is 0 Å². The molecule has 0 radical (unpaired) electrons. The smallest absolute Gasteiger partial charge is 0.264 e. The Kier molecular flexibility index (Phi) is 4.36. The first-order valence-electron chi connectivity index (χ1n) is 11.1. The molecule has 32 heavy (non-hydrogen) atoms. The van der Waals surface area contributed by atoms with Gasteiger partial charge in [0.15, 0.2) is 17.1 Å². The Morgan fingerprint density at radius 1 is 1.31 bits per heavy atom. The average Bonchev–Trinajstić information content (AvgIpc) is 3.34. The molecule has 8 atom stereocenters. The molecule has 4 aliphatic carbocycles. The van der Waals surface area contributed by atoms with E-state index in [0.717, 1.165) is 0 Å². The zero-order valence-electron chi connectivity index (χ0n) is 18.4. The van der Waals surface area contributed by atoms with E-state index in [2.05, 4.69) is 4.98 Å². The summed E-state index contributed by atoms with van der Waals surface area (Å²) in [5.41, 5.74) is -6.63. The van der Waals surface area contributed by atoms with Gasteiger partial charge < -0.3 is 10.2 Å². The molecule has 0 aromatic carbocycles. The highest BCUT2D eigenvalue weighted by Crippen LogP contribution is 2.71. The van der Waals surface area contributed by atoms with Crippen molar-refractivity contribution in [2.75, 3.05) is 0 Å². The van der Waals surface area contributed by atoms with Crippen molar-refractivity contribution in [3.8, 4) is 0 Å². The van der Waals surface area contributed by atoms with Crippen LogP contribution in [0.25, 0.3) is 0 Å². The Labute approximate surface area is 185 Å². The van der Waals surface area contributed by atoms with Crippen LogP contribution in [0.15, 0.2) is 42.3 Å². The van der Waals surface area contributed by atoms with Gasteiger partial charge in [0.2, 0.25) is 0 Å². The monoisotopic (exact) mass is 446 g/mol. The number of imidazole rings is 1. The molecular formula is C24H28F2N2O4. The van der Waals surface area contributed by atoms with Gasteiger partial charge in [-0.1, -0.05) is 19.9 Å². The average molecular weight is 446 g/mol. The van der Waals surface area contributed by atoms with Crippen molar-refractivity contribution >= 4 is 11.7 Å². The Hall–Kier alpha value is -2.19. The molecule has 0 spiro atoms. The van der Waals surface area contributed by atoms with Crippen LogP contribution in [-0.2, 0) is 4.79 Å². The molecule has 1 heterocycles. The second-order valence-corrected chi connectivity index (χ2v) is 10.6. The van der Waals surface area contributed by atoms with Crippen LogP contribution < -0.4 is 0 Å². The molecule has 2 fully saturated rings. The number of aliphatic hydroxyl groups excluding tert-OH is 1. The van der Waals surface area contributed by atoms with Crippen molar-refractivity contribution in [2.45, 2.75) is 63.8 Å². The summed E-state index contributed by atoms with van der Waals surface area (Å²) in [6, 6.07) is 0. The molecule has 2 N–H and O–H groups in total. The van der Waals surface area contributed by atoms with E-state index in [1.807, 2.05) is 0 Å². The summed E-state index contributed by atoms with van der Waals surface area (Å²) in [6.07, 6.45) is 5.01. The molecule has 0 saturated heterocycles. The van der Waals surface area contributed by atoms with Crippen molar-refractivity contribution in [3.63, 3.8) is 0 Å². The van der Waals surface area contributed by atoms with E-state index >= 15 is 8.78 Å². The Morgan fingerprint density at radius 3 is 2.69 bits per heavy atom. The van der Waals surface area contributed by atoms with Gasteiger partial charge in [-0.25, -0.2) is 13.8 Å². The molecule has 8 heteroatoms. The summed E-state index contributed by atoms with van der Waals surface area (Å²) >= 11 is 0. The minimum Gasteiger partial charge on any atom is -0.390 e. The van der Waals surface area contributed by atoms with Crippen molar-refractivity contribution in [1.29, 1.82) is 0 Å². The maximum absolute atomic E-state index is 17.1. The third kappa shape index (κ3) is 2.27. The molecule has 2 saturated carbocycles. The summed E-state index contributed by atoms with van der Waals surface area (Å²) in [7, 11) is 0. The second kappa shape index (κ2) is 6.44. The van der Waals surface area contributed by atoms with Gasteiger partial charge in [0.05, 0.1) is 6.10 Å². The van der Waals surface area contributed by atoms with Gasteiger partial charge >= 0.3 is 0 Å². The summed E-state index contributed by atoms with van der Waals surface area (Å²) in [6.45, 7) is 4.99. The summed E-state index contributed by atoms with van der Waals surface area (Å²) < 4.78 is 33.7. The molecule has 4 aliphatic rings. The number of ketones is 1. The SMILES string of the molecule is C[C@@H]1C[C@H]2[C@@H]3CC(F)=C4CC(=O)C=C[C@]4(C)[C@@]3(F)[C@@H](O)C[C@]2(C)[C@@]1(O)C(=O)n1ccnc1. The molecule has 0 unspecified atom stereocenters. The van der Waals surface area contributed by atoms with Crippen LogP contribution in [0.5, 0.6) is 0 Å². The standard InChI is InChI=1S/C24H28F2N2O4/c1-13-8-15-16-10-18(25)17-9-14(29)4-5-21(17,2)23(16,26)19(30)11-22(15,3)24(13,32)20(31)28-7-6-27-12-28/h4-7,12-13,15-16,19,30,32H,8-11H2,1-3H3/t13-,15+,16+,19+,21+,22+,23+,24+/m1/s1. The van der Waals surface area contributed by atoms with Crippen molar-refractivity contribution in [1.82, 2.24) is 9.55 Å². The Balaban J connectivity index is 1.65. The number of hydrogen-bond donors (Lipinski definition) is 2. The largest absolute Gasteiger partial charge is 0.390 e. The van der Waals surface area contributed by atoms with Crippen molar-refractivity contribution in [3.05, 3.63) is 42.3 Å². The van der Waals surface area contributed by atoms with Gasteiger partial charge in [-0.05, 0) is 43.3 Å². The van der Waals surface area contributed by atoms with Crippen LogP contribution >= 0.6 is 0 Å². The van der Waals surface area contributed by atoms with Gasteiger partial charge in [0, 0.05) is 42.0 Å². The molecule has 1 aromatic heterocycles. The van der Waals surface area contributed by atoms with E-state index in [9.17, 15) is 19.8 Å². The van der Waals surface area contributed by atoms with E-state index in [1.165, 1.54) is 35.4 Å². The number of rotatable bonds is 1. The first-order valence-corrected chi connectivity index (χ1v) is 11.1. The zero-order chi connectivity index (χ0) is 23.3. The van der Waals surface area contributed by atoms with E-state index in [-0.39, 0.29) is 30.6 Å². The van der Waals surface area contributed by atoms with Crippen LogP contribution in [0.1, 0.15) is 51.2 Å². The molecular weight excluding hydrogens is 418 g/mol. The van der Waals surface area contributed by atoms with Crippen LogP contribution in [-0.4, -0.2) is 48.8 Å². The molecule has 1 aromatic rings. The predicted octanol–water partition coefficient (Wildman–Crippen LogP) is 3.17. The fourth-order valence-corrected chi connectivity index (χ4v) is 7.55.